The first-order valence-electron chi connectivity index (χ1n) is 5.61. The van der Waals surface area contributed by atoms with Gasteiger partial charge in [0.05, 0.1) is 6.26 Å². The summed E-state index contributed by atoms with van der Waals surface area (Å²) in [5.41, 5.74) is 0.152. The monoisotopic (exact) mass is 251 g/mol. The summed E-state index contributed by atoms with van der Waals surface area (Å²) in [5.74, 6) is 0. The molecular formula is C10H25N3O2S. The van der Waals surface area contributed by atoms with Gasteiger partial charge in [0, 0.05) is 25.2 Å². The van der Waals surface area contributed by atoms with Crippen molar-refractivity contribution >= 4 is 10.0 Å². The highest BCUT2D eigenvalue weighted by molar-refractivity contribution is 7.88. The lowest BCUT2D eigenvalue weighted by atomic mass is 10.1. The van der Waals surface area contributed by atoms with Crippen molar-refractivity contribution < 1.29 is 8.42 Å². The summed E-state index contributed by atoms with van der Waals surface area (Å²) < 4.78 is 23.9. The third kappa shape index (κ3) is 13.8. The Morgan fingerprint density at radius 1 is 1.00 bits per heavy atom. The van der Waals surface area contributed by atoms with Crippen molar-refractivity contribution in [1.82, 2.24) is 15.4 Å². The Labute approximate surface area is 99.4 Å². The van der Waals surface area contributed by atoms with Gasteiger partial charge < -0.3 is 10.6 Å². The summed E-state index contributed by atoms with van der Waals surface area (Å²) in [5, 5.41) is 6.61. The minimum absolute atomic E-state index is 0.152. The maximum absolute atomic E-state index is 10.7. The molecule has 0 atom stereocenters. The maximum Gasteiger partial charge on any atom is 0.208 e. The summed E-state index contributed by atoms with van der Waals surface area (Å²) in [4.78, 5) is 0. The van der Waals surface area contributed by atoms with E-state index in [0.29, 0.717) is 6.54 Å². The van der Waals surface area contributed by atoms with Gasteiger partial charge in [0.25, 0.3) is 0 Å². The molecule has 0 saturated carbocycles. The zero-order valence-electron chi connectivity index (χ0n) is 10.8. The highest BCUT2D eigenvalue weighted by Crippen LogP contribution is 1.96. The first kappa shape index (κ1) is 15.8. The number of nitrogens with one attached hydrogen (secondary N) is 3. The van der Waals surface area contributed by atoms with Crippen LogP contribution in [0.1, 0.15) is 27.2 Å². The Kier molecular flexibility index (Phi) is 7.14. The van der Waals surface area contributed by atoms with E-state index in [1.807, 2.05) is 0 Å². The molecule has 6 heteroatoms. The van der Waals surface area contributed by atoms with Gasteiger partial charge in [0.2, 0.25) is 10.0 Å². The van der Waals surface area contributed by atoms with Crippen LogP contribution < -0.4 is 15.4 Å². The highest BCUT2D eigenvalue weighted by Gasteiger charge is 2.06. The SMILES string of the molecule is CC(C)(C)NCCNCCCNS(C)(=O)=O. The molecule has 0 aromatic carbocycles. The van der Waals surface area contributed by atoms with Gasteiger partial charge in [-0.1, -0.05) is 0 Å². The number of rotatable bonds is 8. The molecule has 0 heterocycles. The van der Waals surface area contributed by atoms with E-state index in [-0.39, 0.29) is 5.54 Å². The van der Waals surface area contributed by atoms with E-state index in [4.69, 9.17) is 0 Å². The van der Waals surface area contributed by atoms with Gasteiger partial charge in [-0.15, -0.1) is 0 Å². The predicted octanol–water partition coefficient (Wildman–Crippen LogP) is -0.0966. The minimum Gasteiger partial charge on any atom is -0.315 e. The topological polar surface area (TPSA) is 70.2 Å². The Morgan fingerprint density at radius 3 is 2.12 bits per heavy atom. The van der Waals surface area contributed by atoms with Crippen molar-refractivity contribution in [2.45, 2.75) is 32.7 Å². The van der Waals surface area contributed by atoms with Crippen LogP contribution in [0.2, 0.25) is 0 Å². The smallest absolute Gasteiger partial charge is 0.208 e. The molecule has 0 rings (SSSR count). The van der Waals surface area contributed by atoms with Gasteiger partial charge in [0.15, 0.2) is 0 Å². The third-order valence-electron chi connectivity index (χ3n) is 1.85. The Balaban J connectivity index is 3.23. The van der Waals surface area contributed by atoms with E-state index >= 15 is 0 Å². The lowest BCUT2D eigenvalue weighted by Gasteiger charge is -2.20. The Morgan fingerprint density at radius 2 is 1.62 bits per heavy atom. The maximum atomic E-state index is 10.7. The largest absolute Gasteiger partial charge is 0.315 e. The standard InChI is InChI=1S/C10H25N3O2S/c1-10(2,3)12-9-8-11-6-5-7-13-16(4,14)15/h11-13H,5-9H2,1-4H3. The van der Waals surface area contributed by atoms with Crippen LogP contribution in [-0.2, 0) is 10.0 Å². The normalized spacial score (nSPS) is 13.0. The molecule has 0 fully saturated rings. The second-order valence-corrected chi connectivity index (χ2v) is 6.78. The van der Waals surface area contributed by atoms with Gasteiger partial charge >= 0.3 is 0 Å². The first-order chi connectivity index (χ1) is 7.21. The van der Waals surface area contributed by atoms with Crippen molar-refractivity contribution in [1.29, 1.82) is 0 Å². The quantitative estimate of drug-likeness (QED) is 0.527. The lowest BCUT2D eigenvalue weighted by molar-refractivity contribution is 0.421. The predicted molar refractivity (Wildman–Crippen MR) is 68.1 cm³/mol. The molecule has 16 heavy (non-hydrogen) atoms. The zero-order valence-corrected chi connectivity index (χ0v) is 11.6. The molecule has 0 bridgehead atoms. The third-order valence-corrected chi connectivity index (χ3v) is 2.58. The second-order valence-electron chi connectivity index (χ2n) is 4.95. The van der Waals surface area contributed by atoms with Gasteiger partial charge in [-0.2, -0.15) is 0 Å². The average Bonchev–Trinajstić information content (AvgIpc) is 2.06. The van der Waals surface area contributed by atoms with Crippen LogP contribution in [-0.4, -0.2) is 46.4 Å². The van der Waals surface area contributed by atoms with Gasteiger partial charge in [-0.3, -0.25) is 0 Å². The molecule has 0 aliphatic rings. The molecule has 0 aliphatic heterocycles. The fourth-order valence-electron chi connectivity index (χ4n) is 1.12. The zero-order chi connectivity index (χ0) is 12.7. The number of hydrogen-bond acceptors (Lipinski definition) is 4. The van der Waals surface area contributed by atoms with E-state index in [0.717, 1.165) is 26.1 Å². The highest BCUT2D eigenvalue weighted by atomic mass is 32.2. The summed E-state index contributed by atoms with van der Waals surface area (Å²) in [7, 11) is -3.03. The van der Waals surface area contributed by atoms with Gasteiger partial charge in [-0.25, -0.2) is 13.1 Å². The molecule has 0 aromatic heterocycles. The van der Waals surface area contributed by atoms with Crippen molar-refractivity contribution in [2.24, 2.45) is 0 Å². The molecule has 0 aliphatic carbocycles. The molecular weight excluding hydrogens is 226 g/mol. The molecule has 0 spiro atoms. The van der Waals surface area contributed by atoms with E-state index in [2.05, 4.69) is 36.1 Å². The van der Waals surface area contributed by atoms with Crippen LogP contribution in [0.5, 0.6) is 0 Å². The van der Waals surface area contributed by atoms with Gasteiger partial charge in [0.1, 0.15) is 0 Å². The van der Waals surface area contributed by atoms with Crippen molar-refractivity contribution in [2.75, 3.05) is 32.4 Å². The molecule has 98 valence electrons. The first-order valence-corrected chi connectivity index (χ1v) is 7.50. The summed E-state index contributed by atoms with van der Waals surface area (Å²) >= 11 is 0. The van der Waals surface area contributed by atoms with Crippen LogP contribution >= 0.6 is 0 Å². The molecule has 0 aromatic rings. The van der Waals surface area contributed by atoms with Crippen molar-refractivity contribution in [3.05, 3.63) is 0 Å². The van der Waals surface area contributed by atoms with Crippen LogP contribution in [0.4, 0.5) is 0 Å². The number of hydrogen-bond donors (Lipinski definition) is 3. The summed E-state index contributed by atoms with van der Waals surface area (Å²) in [6.45, 7) is 9.53. The molecule has 0 radical (unpaired) electrons. The fraction of sp³-hybridized carbons (Fsp3) is 1.00. The molecule has 0 amide bonds. The molecule has 5 nitrogen and oxygen atoms in total. The lowest BCUT2D eigenvalue weighted by Crippen LogP contribution is -2.40. The van der Waals surface area contributed by atoms with Crippen LogP contribution in [0.15, 0.2) is 0 Å². The molecule has 3 N–H and O–H groups in total. The van der Waals surface area contributed by atoms with E-state index in [9.17, 15) is 8.42 Å². The summed E-state index contributed by atoms with van der Waals surface area (Å²) in [6.07, 6.45) is 1.98. The van der Waals surface area contributed by atoms with Crippen LogP contribution in [0.25, 0.3) is 0 Å². The van der Waals surface area contributed by atoms with Gasteiger partial charge in [-0.05, 0) is 33.7 Å². The average molecular weight is 251 g/mol. The second kappa shape index (κ2) is 7.21. The van der Waals surface area contributed by atoms with Crippen molar-refractivity contribution in [3.63, 3.8) is 0 Å². The Bertz CT molecular complexity index is 270. The van der Waals surface area contributed by atoms with Crippen LogP contribution in [0, 0.1) is 0 Å². The van der Waals surface area contributed by atoms with Crippen LogP contribution in [0.3, 0.4) is 0 Å². The minimum atomic E-state index is -3.03. The number of sulfonamides is 1. The van der Waals surface area contributed by atoms with Crippen molar-refractivity contribution in [3.8, 4) is 0 Å². The van der Waals surface area contributed by atoms with E-state index < -0.39 is 10.0 Å². The fourth-order valence-corrected chi connectivity index (χ4v) is 1.64. The summed E-state index contributed by atoms with van der Waals surface area (Å²) in [6, 6.07) is 0. The molecule has 0 saturated heterocycles. The molecule has 0 unspecified atom stereocenters. The Hall–Kier alpha value is -0.170. The van der Waals surface area contributed by atoms with E-state index in [1.165, 1.54) is 6.26 Å². The van der Waals surface area contributed by atoms with E-state index in [1.54, 1.807) is 0 Å².